The molecule has 3 heteroatoms. The van der Waals surface area contributed by atoms with Crippen LogP contribution in [0.3, 0.4) is 0 Å². The maximum absolute atomic E-state index is 4.71. The molecule has 0 aliphatic carbocycles. The standard InChI is InChI=1S/C15H29N3/c1-6-15(7-2)18-9-8-14(17-18)10-13(5)11-16-12(3)4/h8-9,12-13,15-16H,6-7,10-11H2,1-5H3. The van der Waals surface area contributed by atoms with Gasteiger partial charge in [0.15, 0.2) is 0 Å². The normalized spacial score (nSPS) is 13.5. The van der Waals surface area contributed by atoms with Gasteiger partial charge in [0.05, 0.1) is 11.7 Å². The van der Waals surface area contributed by atoms with Crippen molar-refractivity contribution >= 4 is 0 Å². The highest BCUT2D eigenvalue weighted by Gasteiger charge is 2.10. The highest BCUT2D eigenvalue weighted by molar-refractivity contribution is 5.01. The molecule has 0 amide bonds. The molecule has 1 aromatic rings. The van der Waals surface area contributed by atoms with Crippen LogP contribution in [0.15, 0.2) is 12.3 Å². The van der Waals surface area contributed by atoms with Crippen LogP contribution < -0.4 is 5.32 Å². The molecule has 0 bridgehead atoms. The van der Waals surface area contributed by atoms with Gasteiger partial charge in [-0.25, -0.2) is 0 Å². The summed E-state index contributed by atoms with van der Waals surface area (Å²) in [5.41, 5.74) is 1.22. The Labute approximate surface area is 112 Å². The van der Waals surface area contributed by atoms with Crippen molar-refractivity contribution in [1.82, 2.24) is 15.1 Å². The monoisotopic (exact) mass is 251 g/mol. The van der Waals surface area contributed by atoms with Gasteiger partial charge < -0.3 is 5.32 Å². The van der Waals surface area contributed by atoms with Crippen LogP contribution in [0.2, 0.25) is 0 Å². The Morgan fingerprint density at radius 3 is 2.44 bits per heavy atom. The minimum Gasteiger partial charge on any atom is -0.314 e. The predicted molar refractivity (Wildman–Crippen MR) is 77.9 cm³/mol. The van der Waals surface area contributed by atoms with Crippen LogP contribution >= 0.6 is 0 Å². The topological polar surface area (TPSA) is 29.9 Å². The van der Waals surface area contributed by atoms with Crippen LogP contribution in [-0.4, -0.2) is 22.4 Å². The van der Waals surface area contributed by atoms with Crippen LogP contribution in [0, 0.1) is 5.92 Å². The van der Waals surface area contributed by atoms with Gasteiger partial charge >= 0.3 is 0 Å². The van der Waals surface area contributed by atoms with Gasteiger partial charge in [-0.05, 0) is 37.8 Å². The summed E-state index contributed by atoms with van der Waals surface area (Å²) >= 11 is 0. The van der Waals surface area contributed by atoms with E-state index >= 15 is 0 Å². The maximum Gasteiger partial charge on any atom is 0.0627 e. The lowest BCUT2D eigenvalue weighted by atomic mass is 10.1. The molecule has 1 atom stereocenters. The van der Waals surface area contributed by atoms with Crippen LogP contribution in [-0.2, 0) is 6.42 Å². The fourth-order valence-electron chi connectivity index (χ4n) is 2.22. The van der Waals surface area contributed by atoms with E-state index in [2.05, 4.69) is 56.9 Å². The molecule has 3 nitrogen and oxygen atoms in total. The lowest BCUT2D eigenvalue weighted by molar-refractivity contribution is 0.419. The van der Waals surface area contributed by atoms with E-state index in [0.29, 0.717) is 18.0 Å². The molecule has 0 saturated carbocycles. The average molecular weight is 251 g/mol. The number of rotatable bonds is 8. The van der Waals surface area contributed by atoms with Gasteiger partial charge in [-0.15, -0.1) is 0 Å². The highest BCUT2D eigenvalue weighted by atomic mass is 15.3. The molecular formula is C15H29N3. The quantitative estimate of drug-likeness (QED) is 0.767. The molecule has 0 aromatic carbocycles. The number of hydrogen-bond donors (Lipinski definition) is 1. The van der Waals surface area contributed by atoms with Gasteiger partial charge in [0.25, 0.3) is 0 Å². The van der Waals surface area contributed by atoms with E-state index in [4.69, 9.17) is 5.10 Å². The van der Waals surface area contributed by atoms with Crippen molar-refractivity contribution in [3.63, 3.8) is 0 Å². The van der Waals surface area contributed by atoms with E-state index in [-0.39, 0.29) is 0 Å². The third kappa shape index (κ3) is 4.81. The van der Waals surface area contributed by atoms with Crippen molar-refractivity contribution < 1.29 is 0 Å². The molecule has 0 aliphatic heterocycles. The second-order valence-corrected chi connectivity index (χ2v) is 5.63. The Kier molecular flexibility index (Phi) is 6.41. The zero-order valence-electron chi connectivity index (χ0n) is 12.6. The summed E-state index contributed by atoms with van der Waals surface area (Å²) in [5, 5.41) is 8.19. The molecule has 1 unspecified atom stereocenters. The summed E-state index contributed by atoms with van der Waals surface area (Å²) in [6.45, 7) is 12.2. The Balaban J connectivity index is 2.48. The maximum atomic E-state index is 4.71. The summed E-state index contributed by atoms with van der Waals surface area (Å²) < 4.78 is 2.14. The van der Waals surface area contributed by atoms with Crippen LogP contribution in [0.5, 0.6) is 0 Å². The van der Waals surface area contributed by atoms with Crippen molar-refractivity contribution in [3.05, 3.63) is 18.0 Å². The van der Waals surface area contributed by atoms with Crippen LogP contribution in [0.1, 0.15) is 59.2 Å². The largest absolute Gasteiger partial charge is 0.314 e. The first-order valence-corrected chi connectivity index (χ1v) is 7.34. The fourth-order valence-corrected chi connectivity index (χ4v) is 2.22. The molecular weight excluding hydrogens is 222 g/mol. The summed E-state index contributed by atoms with van der Waals surface area (Å²) in [7, 11) is 0. The van der Waals surface area contributed by atoms with E-state index in [1.54, 1.807) is 0 Å². The molecule has 0 spiro atoms. The molecule has 0 aliphatic rings. The number of nitrogens with zero attached hydrogens (tertiary/aromatic N) is 2. The summed E-state index contributed by atoms with van der Waals surface area (Å²) in [6, 6.07) is 3.29. The van der Waals surface area contributed by atoms with Crippen molar-refractivity contribution in [2.45, 2.75) is 66.0 Å². The molecule has 1 N–H and O–H groups in total. The zero-order valence-corrected chi connectivity index (χ0v) is 12.6. The molecule has 0 saturated heterocycles. The number of hydrogen-bond acceptors (Lipinski definition) is 2. The number of aromatic nitrogens is 2. The van der Waals surface area contributed by atoms with Crippen molar-refractivity contribution in [2.24, 2.45) is 5.92 Å². The molecule has 1 rings (SSSR count). The molecule has 18 heavy (non-hydrogen) atoms. The summed E-state index contributed by atoms with van der Waals surface area (Å²) in [6.07, 6.45) is 5.51. The average Bonchev–Trinajstić information content (AvgIpc) is 2.76. The highest BCUT2D eigenvalue weighted by Crippen LogP contribution is 2.15. The lowest BCUT2D eigenvalue weighted by Gasteiger charge is -2.14. The number of nitrogens with one attached hydrogen (secondary N) is 1. The summed E-state index contributed by atoms with van der Waals surface area (Å²) in [5.74, 6) is 0.637. The Hall–Kier alpha value is -0.830. The SMILES string of the molecule is CCC(CC)n1ccc(CC(C)CNC(C)C)n1. The predicted octanol–water partition coefficient (Wildman–Crippen LogP) is 3.42. The molecule has 1 aromatic heterocycles. The van der Waals surface area contributed by atoms with Crippen LogP contribution in [0.25, 0.3) is 0 Å². The minimum atomic E-state index is 0.558. The van der Waals surface area contributed by atoms with Gasteiger partial charge in [0.1, 0.15) is 0 Å². The molecule has 0 radical (unpaired) electrons. The second kappa shape index (κ2) is 7.57. The van der Waals surface area contributed by atoms with Gasteiger partial charge in [-0.3, -0.25) is 4.68 Å². The lowest BCUT2D eigenvalue weighted by Crippen LogP contribution is -2.28. The van der Waals surface area contributed by atoms with Gasteiger partial charge in [-0.2, -0.15) is 5.10 Å². The fraction of sp³-hybridized carbons (Fsp3) is 0.800. The molecule has 104 valence electrons. The summed E-state index contributed by atoms with van der Waals surface area (Å²) in [4.78, 5) is 0. The first-order valence-electron chi connectivity index (χ1n) is 7.34. The smallest absolute Gasteiger partial charge is 0.0627 e. The van der Waals surface area contributed by atoms with E-state index in [1.165, 1.54) is 5.69 Å². The van der Waals surface area contributed by atoms with E-state index in [0.717, 1.165) is 25.8 Å². The first-order chi connectivity index (χ1) is 8.56. The first kappa shape index (κ1) is 15.2. The van der Waals surface area contributed by atoms with E-state index in [1.807, 2.05) is 0 Å². The van der Waals surface area contributed by atoms with Gasteiger partial charge in [0.2, 0.25) is 0 Å². The van der Waals surface area contributed by atoms with Crippen molar-refractivity contribution in [3.8, 4) is 0 Å². The van der Waals surface area contributed by atoms with Crippen LogP contribution in [0.4, 0.5) is 0 Å². The molecule has 0 fully saturated rings. The Morgan fingerprint density at radius 1 is 1.22 bits per heavy atom. The molecule has 1 heterocycles. The Morgan fingerprint density at radius 2 is 1.89 bits per heavy atom. The third-order valence-corrected chi connectivity index (χ3v) is 3.41. The minimum absolute atomic E-state index is 0.558. The van der Waals surface area contributed by atoms with Crippen molar-refractivity contribution in [1.29, 1.82) is 0 Å². The zero-order chi connectivity index (χ0) is 13.5. The second-order valence-electron chi connectivity index (χ2n) is 5.63. The van der Waals surface area contributed by atoms with Gasteiger partial charge in [0, 0.05) is 12.2 Å². The van der Waals surface area contributed by atoms with E-state index < -0.39 is 0 Å². The third-order valence-electron chi connectivity index (χ3n) is 3.41. The van der Waals surface area contributed by atoms with Crippen molar-refractivity contribution in [2.75, 3.05) is 6.54 Å². The van der Waals surface area contributed by atoms with E-state index in [9.17, 15) is 0 Å². The van der Waals surface area contributed by atoms with Gasteiger partial charge in [-0.1, -0.05) is 34.6 Å². The Bertz CT molecular complexity index is 326.